The first-order valence-electron chi connectivity index (χ1n) is 9.03. The van der Waals surface area contributed by atoms with Crippen LogP contribution < -0.4 is 4.74 Å². The standard InChI is InChI=1S/C20H15F5O4S/c21-15-5-6-16(22)18-17(15)19(8-7-13(26)9-12(19)10-29-18)30(27,28)14-3-1-11(2-4-14)20(23,24)25/h1-6,12H,7-10H2/t12-,19-/m1/s1. The number of halogens is 5. The number of Topliss-reactive ketones (excluding diaryl/α,β-unsaturated/α-hetero) is 1. The summed E-state index contributed by atoms with van der Waals surface area (Å²) in [7, 11) is -4.53. The van der Waals surface area contributed by atoms with E-state index >= 15 is 0 Å². The number of fused-ring (bicyclic) bond motifs is 3. The van der Waals surface area contributed by atoms with Gasteiger partial charge < -0.3 is 4.74 Å². The topological polar surface area (TPSA) is 60.4 Å². The molecule has 10 heteroatoms. The van der Waals surface area contributed by atoms with Gasteiger partial charge in [-0.25, -0.2) is 17.2 Å². The molecule has 0 radical (unpaired) electrons. The van der Waals surface area contributed by atoms with Crippen LogP contribution in [0.5, 0.6) is 5.75 Å². The van der Waals surface area contributed by atoms with E-state index < -0.39 is 60.1 Å². The third kappa shape index (κ3) is 2.91. The second-order valence-corrected chi connectivity index (χ2v) is 9.61. The molecule has 0 spiro atoms. The molecule has 30 heavy (non-hydrogen) atoms. The Bertz CT molecular complexity index is 1130. The lowest BCUT2D eigenvalue weighted by molar-refractivity contribution is -0.137. The Kier molecular flexibility index (Phi) is 4.68. The van der Waals surface area contributed by atoms with Gasteiger partial charge in [-0.3, -0.25) is 4.79 Å². The van der Waals surface area contributed by atoms with E-state index in [0.29, 0.717) is 12.1 Å². The summed E-state index contributed by atoms with van der Waals surface area (Å²) in [6.07, 6.45) is -5.40. The van der Waals surface area contributed by atoms with Crippen LogP contribution in [0.4, 0.5) is 22.0 Å². The van der Waals surface area contributed by atoms with Gasteiger partial charge >= 0.3 is 6.18 Å². The molecule has 1 saturated carbocycles. The summed E-state index contributed by atoms with van der Waals surface area (Å²) in [5, 5.41) is 0. The molecule has 1 aliphatic heterocycles. The van der Waals surface area contributed by atoms with Crippen LogP contribution in [0, 0.1) is 17.6 Å². The highest BCUT2D eigenvalue weighted by Crippen LogP contribution is 2.56. The molecule has 0 bridgehead atoms. The molecule has 2 aromatic carbocycles. The van der Waals surface area contributed by atoms with Crippen molar-refractivity contribution in [1.82, 2.24) is 0 Å². The van der Waals surface area contributed by atoms with Crippen LogP contribution in [0.25, 0.3) is 0 Å². The summed E-state index contributed by atoms with van der Waals surface area (Å²) < 4.78 is 98.5. The quantitative estimate of drug-likeness (QED) is 0.641. The van der Waals surface area contributed by atoms with Crippen molar-refractivity contribution in [2.75, 3.05) is 6.61 Å². The van der Waals surface area contributed by atoms with Gasteiger partial charge in [0.25, 0.3) is 0 Å². The number of hydrogen-bond donors (Lipinski definition) is 0. The molecule has 1 heterocycles. The lowest BCUT2D eigenvalue weighted by atomic mass is 9.72. The monoisotopic (exact) mass is 446 g/mol. The van der Waals surface area contributed by atoms with Gasteiger partial charge in [0.1, 0.15) is 16.3 Å². The van der Waals surface area contributed by atoms with Gasteiger partial charge in [0, 0.05) is 18.8 Å². The molecule has 4 nitrogen and oxygen atoms in total. The molecule has 4 rings (SSSR count). The van der Waals surface area contributed by atoms with E-state index in [0.717, 1.165) is 24.3 Å². The zero-order valence-electron chi connectivity index (χ0n) is 15.3. The van der Waals surface area contributed by atoms with E-state index in [4.69, 9.17) is 4.74 Å². The molecule has 0 saturated heterocycles. The Morgan fingerprint density at radius 3 is 2.27 bits per heavy atom. The number of carbonyl (C=O) groups excluding carboxylic acids is 1. The van der Waals surface area contributed by atoms with E-state index in [2.05, 4.69) is 0 Å². The SMILES string of the molecule is O=C1CC[C@]2(S(=O)(=O)c3ccc(C(F)(F)F)cc3)c3c(F)ccc(F)c3OC[C@H]2C1. The molecule has 2 atom stereocenters. The van der Waals surface area contributed by atoms with Crippen LogP contribution in [-0.4, -0.2) is 20.8 Å². The first-order chi connectivity index (χ1) is 14.0. The Balaban J connectivity index is 1.96. The van der Waals surface area contributed by atoms with Crippen LogP contribution in [-0.2, 0) is 25.6 Å². The highest BCUT2D eigenvalue weighted by molar-refractivity contribution is 7.92. The normalized spacial score (nSPS) is 24.0. The highest BCUT2D eigenvalue weighted by Gasteiger charge is 2.59. The summed E-state index contributed by atoms with van der Waals surface area (Å²) in [6, 6.07) is 4.42. The van der Waals surface area contributed by atoms with Gasteiger partial charge in [0.05, 0.1) is 22.6 Å². The van der Waals surface area contributed by atoms with E-state index in [1.807, 2.05) is 0 Å². The van der Waals surface area contributed by atoms with E-state index in [9.17, 15) is 35.2 Å². The van der Waals surface area contributed by atoms with Crippen molar-refractivity contribution in [2.45, 2.75) is 35.1 Å². The second-order valence-electron chi connectivity index (χ2n) is 7.40. The van der Waals surface area contributed by atoms with Crippen molar-refractivity contribution < 1.29 is 39.9 Å². The highest BCUT2D eigenvalue weighted by atomic mass is 32.2. The van der Waals surface area contributed by atoms with Crippen molar-refractivity contribution >= 4 is 15.6 Å². The Hall–Kier alpha value is -2.49. The molecule has 0 aromatic heterocycles. The van der Waals surface area contributed by atoms with Crippen LogP contribution in [0.2, 0.25) is 0 Å². The van der Waals surface area contributed by atoms with Gasteiger partial charge in [-0.2, -0.15) is 13.2 Å². The molecule has 2 aliphatic rings. The van der Waals surface area contributed by atoms with Crippen molar-refractivity contribution in [2.24, 2.45) is 5.92 Å². The molecule has 0 unspecified atom stereocenters. The third-order valence-electron chi connectivity index (χ3n) is 5.79. The van der Waals surface area contributed by atoms with Gasteiger partial charge in [-0.05, 0) is 42.8 Å². The Morgan fingerprint density at radius 2 is 1.63 bits per heavy atom. The molecule has 2 aromatic rings. The molecule has 0 N–H and O–H groups in total. The predicted octanol–water partition coefficient (Wildman–Crippen LogP) is 4.41. The number of benzene rings is 2. The third-order valence-corrected chi connectivity index (χ3v) is 8.38. The van der Waals surface area contributed by atoms with Crippen molar-refractivity contribution in [3.8, 4) is 5.75 Å². The molecule has 1 aliphatic carbocycles. The number of alkyl halides is 3. The van der Waals surface area contributed by atoms with Crippen LogP contribution in [0.3, 0.4) is 0 Å². The average molecular weight is 446 g/mol. The maximum atomic E-state index is 14.9. The van der Waals surface area contributed by atoms with E-state index in [1.54, 1.807) is 0 Å². The number of rotatable bonds is 2. The summed E-state index contributed by atoms with van der Waals surface area (Å²) in [4.78, 5) is 11.5. The number of sulfone groups is 1. The average Bonchev–Trinajstić information content (AvgIpc) is 2.69. The maximum Gasteiger partial charge on any atom is 0.416 e. The predicted molar refractivity (Wildman–Crippen MR) is 94.5 cm³/mol. The Morgan fingerprint density at radius 1 is 1.00 bits per heavy atom. The fraction of sp³-hybridized carbons (Fsp3) is 0.350. The summed E-state index contributed by atoms with van der Waals surface area (Å²) in [5.41, 5.74) is -1.55. The summed E-state index contributed by atoms with van der Waals surface area (Å²) in [6.45, 7) is -0.334. The fourth-order valence-electron chi connectivity index (χ4n) is 4.37. The maximum absolute atomic E-state index is 14.9. The number of hydrogen-bond acceptors (Lipinski definition) is 4. The van der Waals surface area contributed by atoms with Gasteiger partial charge in [-0.15, -0.1) is 0 Å². The summed E-state index contributed by atoms with van der Waals surface area (Å²) >= 11 is 0. The number of carbonyl (C=O) groups is 1. The largest absolute Gasteiger partial charge is 0.490 e. The van der Waals surface area contributed by atoms with Gasteiger partial charge in [0.15, 0.2) is 21.4 Å². The molecule has 0 amide bonds. The molecule has 160 valence electrons. The van der Waals surface area contributed by atoms with Crippen molar-refractivity contribution in [1.29, 1.82) is 0 Å². The molecule has 1 fully saturated rings. The van der Waals surface area contributed by atoms with E-state index in [-0.39, 0.29) is 31.7 Å². The number of ether oxygens (including phenoxy) is 1. The van der Waals surface area contributed by atoms with Crippen LogP contribution in [0.15, 0.2) is 41.3 Å². The molecular formula is C20H15F5O4S. The minimum absolute atomic E-state index is 0.189. The van der Waals surface area contributed by atoms with Gasteiger partial charge in [-0.1, -0.05) is 0 Å². The van der Waals surface area contributed by atoms with Crippen molar-refractivity contribution in [3.05, 3.63) is 59.2 Å². The lowest BCUT2D eigenvalue weighted by Gasteiger charge is -2.46. The fourth-order valence-corrected chi connectivity index (χ4v) is 6.70. The first-order valence-corrected chi connectivity index (χ1v) is 10.5. The molecular weight excluding hydrogens is 431 g/mol. The van der Waals surface area contributed by atoms with E-state index in [1.165, 1.54) is 0 Å². The van der Waals surface area contributed by atoms with Crippen LogP contribution in [0.1, 0.15) is 30.4 Å². The summed E-state index contributed by atoms with van der Waals surface area (Å²) in [5.74, 6) is -3.77. The second kappa shape index (κ2) is 6.76. The Labute approximate surface area is 168 Å². The smallest absolute Gasteiger partial charge is 0.416 e. The minimum atomic E-state index is -4.67. The van der Waals surface area contributed by atoms with Crippen LogP contribution >= 0.6 is 0 Å². The zero-order chi connectivity index (χ0) is 21.9. The zero-order valence-corrected chi connectivity index (χ0v) is 16.1. The van der Waals surface area contributed by atoms with Crippen molar-refractivity contribution in [3.63, 3.8) is 0 Å². The lowest BCUT2D eigenvalue weighted by Crippen LogP contribution is -2.52. The van der Waals surface area contributed by atoms with Gasteiger partial charge in [0.2, 0.25) is 0 Å². The first kappa shape index (κ1) is 20.8. The minimum Gasteiger partial charge on any atom is -0.490 e. The number of ketones is 1.